The van der Waals surface area contributed by atoms with Crippen LogP contribution in [-0.4, -0.2) is 9.97 Å². The SMILES string of the molecule is CCc1cc2ccc([C@@](C)(C#N)Cc3cccc(C#N)n3)cc2[nH]c1=O. The molecule has 5 nitrogen and oxygen atoms in total. The van der Waals surface area contributed by atoms with Gasteiger partial charge in [-0.05, 0) is 48.6 Å². The van der Waals surface area contributed by atoms with Gasteiger partial charge in [-0.15, -0.1) is 0 Å². The minimum atomic E-state index is -0.824. The van der Waals surface area contributed by atoms with Gasteiger partial charge in [0.1, 0.15) is 11.8 Å². The Balaban J connectivity index is 2.05. The number of nitrogens with zero attached hydrogens (tertiary/aromatic N) is 3. The summed E-state index contributed by atoms with van der Waals surface area (Å²) in [7, 11) is 0. The minimum absolute atomic E-state index is 0.0980. The average Bonchev–Trinajstić information content (AvgIpc) is 2.67. The topological polar surface area (TPSA) is 93.3 Å². The Kier molecular flexibility index (Phi) is 4.56. The number of hydrogen-bond acceptors (Lipinski definition) is 4. The summed E-state index contributed by atoms with van der Waals surface area (Å²) >= 11 is 0. The summed E-state index contributed by atoms with van der Waals surface area (Å²) in [5.74, 6) is 0. The predicted molar refractivity (Wildman–Crippen MR) is 99.6 cm³/mol. The van der Waals surface area contributed by atoms with E-state index < -0.39 is 5.41 Å². The number of nitriles is 2. The standard InChI is InChI=1S/C21H18N4O/c1-3-14-9-15-7-8-16(10-19(15)25-20(14)26)21(2,13-23)11-17-5-4-6-18(12-22)24-17/h4-10H,3,11H2,1-2H3,(H,25,26)/t21-/m1/s1. The molecule has 26 heavy (non-hydrogen) atoms. The Hall–Kier alpha value is -3.44. The number of rotatable bonds is 4. The van der Waals surface area contributed by atoms with Crippen molar-refractivity contribution in [1.29, 1.82) is 10.5 Å². The molecule has 0 aliphatic rings. The molecule has 1 atom stereocenters. The van der Waals surface area contributed by atoms with Crippen LogP contribution in [0.15, 0.2) is 47.3 Å². The van der Waals surface area contributed by atoms with Crippen molar-refractivity contribution in [2.45, 2.75) is 32.1 Å². The van der Waals surface area contributed by atoms with Crippen molar-refractivity contribution in [3.05, 3.63) is 75.3 Å². The first-order chi connectivity index (χ1) is 12.5. The Bertz CT molecular complexity index is 1120. The van der Waals surface area contributed by atoms with Crippen LogP contribution in [0.3, 0.4) is 0 Å². The van der Waals surface area contributed by atoms with Gasteiger partial charge in [0, 0.05) is 23.2 Å². The van der Waals surface area contributed by atoms with Crippen LogP contribution >= 0.6 is 0 Å². The van der Waals surface area contributed by atoms with Crippen molar-refractivity contribution in [3.8, 4) is 12.1 Å². The molecule has 0 fully saturated rings. The Morgan fingerprint density at radius 1 is 1.19 bits per heavy atom. The van der Waals surface area contributed by atoms with Gasteiger partial charge >= 0.3 is 0 Å². The fraction of sp³-hybridized carbons (Fsp3) is 0.238. The number of aryl methyl sites for hydroxylation is 1. The third-order valence-corrected chi connectivity index (χ3v) is 4.64. The first-order valence-electron chi connectivity index (χ1n) is 8.43. The molecule has 1 N–H and O–H groups in total. The third kappa shape index (κ3) is 3.20. The molecule has 0 radical (unpaired) electrons. The zero-order valence-corrected chi connectivity index (χ0v) is 14.7. The van der Waals surface area contributed by atoms with Crippen LogP contribution in [0.4, 0.5) is 0 Å². The van der Waals surface area contributed by atoms with E-state index in [4.69, 9.17) is 5.26 Å². The smallest absolute Gasteiger partial charge is 0.251 e. The average molecular weight is 342 g/mol. The van der Waals surface area contributed by atoms with E-state index in [0.717, 1.165) is 16.5 Å². The van der Waals surface area contributed by atoms with E-state index in [1.54, 1.807) is 12.1 Å². The molecule has 0 saturated carbocycles. The Labute approximate surface area is 151 Å². The normalized spacial score (nSPS) is 12.9. The summed E-state index contributed by atoms with van der Waals surface area (Å²) in [5.41, 5.74) is 2.35. The lowest BCUT2D eigenvalue weighted by Crippen LogP contribution is -2.24. The molecule has 0 saturated heterocycles. The number of fused-ring (bicyclic) bond motifs is 1. The molecule has 2 heterocycles. The van der Waals surface area contributed by atoms with Crippen molar-refractivity contribution in [3.63, 3.8) is 0 Å². The highest BCUT2D eigenvalue weighted by Gasteiger charge is 2.28. The second kappa shape index (κ2) is 6.82. The number of pyridine rings is 2. The van der Waals surface area contributed by atoms with Gasteiger partial charge in [0.25, 0.3) is 5.56 Å². The monoisotopic (exact) mass is 342 g/mol. The van der Waals surface area contributed by atoms with Crippen molar-refractivity contribution >= 4 is 10.9 Å². The lowest BCUT2D eigenvalue weighted by atomic mass is 9.79. The summed E-state index contributed by atoms with van der Waals surface area (Å²) in [6, 6.07) is 17.2. The summed E-state index contributed by atoms with van der Waals surface area (Å²) < 4.78 is 0. The summed E-state index contributed by atoms with van der Waals surface area (Å²) in [6.45, 7) is 3.79. The van der Waals surface area contributed by atoms with Gasteiger partial charge in [-0.25, -0.2) is 4.98 Å². The van der Waals surface area contributed by atoms with Gasteiger partial charge in [0.15, 0.2) is 0 Å². The van der Waals surface area contributed by atoms with E-state index in [-0.39, 0.29) is 5.56 Å². The van der Waals surface area contributed by atoms with Gasteiger partial charge < -0.3 is 4.98 Å². The van der Waals surface area contributed by atoms with E-state index in [9.17, 15) is 10.1 Å². The van der Waals surface area contributed by atoms with Gasteiger partial charge in [-0.1, -0.05) is 25.1 Å². The maximum atomic E-state index is 12.1. The van der Waals surface area contributed by atoms with Crippen LogP contribution < -0.4 is 5.56 Å². The van der Waals surface area contributed by atoms with Crippen LogP contribution in [0.5, 0.6) is 0 Å². The fourth-order valence-corrected chi connectivity index (χ4v) is 3.06. The van der Waals surface area contributed by atoms with E-state index >= 15 is 0 Å². The summed E-state index contributed by atoms with van der Waals surface area (Å²) in [4.78, 5) is 19.3. The first kappa shape index (κ1) is 17.4. The quantitative estimate of drug-likeness (QED) is 0.786. The molecule has 5 heteroatoms. The zero-order chi connectivity index (χ0) is 18.7. The number of nitrogens with one attached hydrogen (secondary N) is 1. The maximum absolute atomic E-state index is 12.1. The molecule has 0 aliphatic heterocycles. The van der Waals surface area contributed by atoms with E-state index in [0.29, 0.717) is 29.7 Å². The fourth-order valence-electron chi connectivity index (χ4n) is 3.06. The van der Waals surface area contributed by atoms with E-state index in [1.165, 1.54) is 0 Å². The Morgan fingerprint density at radius 2 is 2.00 bits per heavy atom. The van der Waals surface area contributed by atoms with Crippen molar-refractivity contribution in [2.75, 3.05) is 0 Å². The predicted octanol–water partition coefficient (Wildman–Crippen LogP) is 3.38. The highest BCUT2D eigenvalue weighted by Crippen LogP contribution is 2.29. The maximum Gasteiger partial charge on any atom is 0.251 e. The van der Waals surface area contributed by atoms with Crippen LogP contribution in [0.2, 0.25) is 0 Å². The second-order valence-corrected chi connectivity index (χ2v) is 6.53. The molecule has 128 valence electrons. The first-order valence-corrected chi connectivity index (χ1v) is 8.43. The van der Waals surface area contributed by atoms with E-state index in [2.05, 4.69) is 16.0 Å². The number of H-pyrrole nitrogens is 1. The molecule has 0 spiro atoms. The van der Waals surface area contributed by atoms with Crippen LogP contribution in [-0.2, 0) is 18.3 Å². The molecule has 3 rings (SSSR count). The van der Waals surface area contributed by atoms with Crippen LogP contribution in [0, 0.1) is 22.7 Å². The number of hydrogen-bond donors (Lipinski definition) is 1. The largest absolute Gasteiger partial charge is 0.322 e. The molecule has 2 aromatic heterocycles. The van der Waals surface area contributed by atoms with Crippen molar-refractivity contribution < 1.29 is 0 Å². The highest BCUT2D eigenvalue weighted by molar-refractivity contribution is 5.80. The lowest BCUT2D eigenvalue weighted by molar-refractivity contribution is 0.597. The number of benzene rings is 1. The molecule has 3 aromatic rings. The van der Waals surface area contributed by atoms with Crippen molar-refractivity contribution in [1.82, 2.24) is 9.97 Å². The molecular formula is C21H18N4O. The second-order valence-electron chi connectivity index (χ2n) is 6.53. The molecule has 0 aliphatic carbocycles. The number of aromatic amines is 1. The van der Waals surface area contributed by atoms with Gasteiger partial charge in [0.05, 0.1) is 11.5 Å². The van der Waals surface area contributed by atoms with Gasteiger partial charge in [-0.3, -0.25) is 4.79 Å². The van der Waals surface area contributed by atoms with Crippen LogP contribution in [0.25, 0.3) is 10.9 Å². The molecule has 1 aromatic carbocycles. The lowest BCUT2D eigenvalue weighted by Gasteiger charge is -2.22. The third-order valence-electron chi connectivity index (χ3n) is 4.64. The minimum Gasteiger partial charge on any atom is -0.322 e. The summed E-state index contributed by atoms with van der Waals surface area (Å²) in [5, 5.41) is 19.8. The molecular weight excluding hydrogens is 324 g/mol. The van der Waals surface area contributed by atoms with Crippen molar-refractivity contribution in [2.24, 2.45) is 0 Å². The van der Waals surface area contributed by atoms with Crippen LogP contribution in [0.1, 0.15) is 36.4 Å². The molecule has 0 unspecified atom stereocenters. The van der Waals surface area contributed by atoms with Gasteiger partial charge in [0.2, 0.25) is 0 Å². The Morgan fingerprint density at radius 3 is 2.69 bits per heavy atom. The zero-order valence-electron chi connectivity index (χ0n) is 14.7. The molecule has 0 bridgehead atoms. The number of aromatic nitrogens is 2. The van der Waals surface area contributed by atoms with Gasteiger partial charge in [-0.2, -0.15) is 10.5 Å². The molecule has 0 amide bonds. The highest BCUT2D eigenvalue weighted by atomic mass is 16.1. The van der Waals surface area contributed by atoms with E-state index in [1.807, 2.05) is 50.2 Å². The summed E-state index contributed by atoms with van der Waals surface area (Å²) in [6.07, 6.45) is 1.05.